The van der Waals surface area contributed by atoms with E-state index in [1.54, 1.807) is 13.0 Å². The second-order valence-corrected chi connectivity index (χ2v) is 8.06. The number of hydrogen-bond acceptors (Lipinski definition) is 5. The highest BCUT2D eigenvalue weighted by Crippen LogP contribution is 2.25. The number of anilines is 2. The molecule has 28 heavy (non-hydrogen) atoms. The van der Waals surface area contributed by atoms with Crippen LogP contribution < -0.4 is 10.0 Å². The summed E-state index contributed by atoms with van der Waals surface area (Å²) in [6.45, 7) is 5.52. The van der Waals surface area contributed by atoms with E-state index in [0.29, 0.717) is 17.9 Å². The molecule has 0 radical (unpaired) electrons. The van der Waals surface area contributed by atoms with E-state index in [0.717, 1.165) is 11.1 Å². The average molecular weight is 399 g/mol. The van der Waals surface area contributed by atoms with Crippen LogP contribution in [0.4, 0.5) is 11.5 Å². The van der Waals surface area contributed by atoms with Gasteiger partial charge >= 0.3 is 0 Å². The number of aryl methyl sites for hydroxylation is 3. The van der Waals surface area contributed by atoms with Crippen molar-refractivity contribution in [2.45, 2.75) is 32.1 Å². The van der Waals surface area contributed by atoms with Crippen molar-refractivity contribution in [3.63, 3.8) is 0 Å². The minimum Gasteiger partial charge on any atom is -0.360 e. The first kappa shape index (κ1) is 19.6. The van der Waals surface area contributed by atoms with E-state index in [2.05, 4.69) is 15.2 Å². The van der Waals surface area contributed by atoms with Gasteiger partial charge in [0.25, 0.3) is 15.9 Å². The maximum atomic E-state index is 12.9. The summed E-state index contributed by atoms with van der Waals surface area (Å²) < 4.78 is 33.3. The highest BCUT2D eigenvalue weighted by molar-refractivity contribution is 7.92. The van der Waals surface area contributed by atoms with E-state index in [4.69, 9.17) is 4.52 Å². The Bertz CT molecular complexity index is 1120. The highest BCUT2D eigenvalue weighted by atomic mass is 32.2. The molecule has 0 aliphatic rings. The van der Waals surface area contributed by atoms with E-state index >= 15 is 0 Å². The molecule has 3 rings (SSSR count). The number of aromatic nitrogens is 1. The molecule has 0 saturated heterocycles. The predicted octanol–water partition coefficient (Wildman–Crippen LogP) is 3.91. The topological polar surface area (TPSA) is 101 Å². The second-order valence-electron chi connectivity index (χ2n) is 6.37. The minimum atomic E-state index is -3.86. The van der Waals surface area contributed by atoms with Crippen LogP contribution in [-0.4, -0.2) is 19.5 Å². The van der Waals surface area contributed by atoms with Crippen LogP contribution in [0.25, 0.3) is 0 Å². The molecule has 0 aliphatic carbocycles. The molecule has 1 amide bonds. The largest absolute Gasteiger partial charge is 0.360 e. The number of nitrogens with zero attached hydrogens (tertiary/aromatic N) is 1. The van der Waals surface area contributed by atoms with Crippen LogP contribution in [-0.2, 0) is 16.4 Å². The van der Waals surface area contributed by atoms with Crippen molar-refractivity contribution in [3.8, 4) is 0 Å². The summed E-state index contributed by atoms with van der Waals surface area (Å²) in [5.74, 6) is 0.345. The third kappa shape index (κ3) is 4.23. The molecule has 0 aliphatic heterocycles. The van der Waals surface area contributed by atoms with Crippen molar-refractivity contribution in [2.75, 3.05) is 10.0 Å². The Morgan fingerprint density at radius 1 is 1.11 bits per heavy atom. The van der Waals surface area contributed by atoms with E-state index in [9.17, 15) is 13.2 Å². The summed E-state index contributed by atoms with van der Waals surface area (Å²) in [6, 6.07) is 13.0. The molecule has 1 heterocycles. The molecule has 0 saturated carbocycles. The van der Waals surface area contributed by atoms with Crippen molar-refractivity contribution in [3.05, 3.63) is 71.0 Å². The lowest BCUT2D eigenvalue weighted by Gasteiger charge is -2.15. The Kier molecular flexibility index (Phi) is 5.51. The number of carbonyl (C=O) groups is 1. The molecule has 1 aromatic heterocycles. The molecule has 2 aromatic carbocycles. The Hall–Kier alpha value is -3.13. The number of para-hydroxylation sites is 1. The lowest BCUT2D eigenvalue weighted by molar-refractivity contribution is 0.102. The molecule has 146 valence electrons. The normalized spacial score (nSPS) is 11.2. The van der Waals surface area contributed by atoms with Gasteiger partial charge in [-0.1, -0.05) is 36.3 Å². The van der Waals surface area contributed by atoms with E-state index < -0.39 is 15.9 Å². The fraction of sp³-hybridized carbons (Fsp3) is 0.200. The van der Waals surface area contributed by atoms with Gasteiger partial charge in [0.15, 0.2) is 5.82 Å². The van der Waals surface area contributed by atoms with Crippen molar-refractivity contribution < 1.29 is 17.7 Å². The fourth-order valence-electron chi connectivity index (χ4n) is 2.78. The zero-order valence-corrected chi connectivity index (χ0v) is 16.6. The van der Waals surface area contributed by atoms with Gasteiger partial charge in [-0.05, 0) is 49.6 Å². The molecule has 0 fully saturated rings. The first-order valence-corrected chi connectivity index (χ1v) is 10.2. The standard InChI is InChI=1S/C20H21N3O4S/c1-4-15-8-5-7-13(2)19(15)23-28(25,26)17-10-6-9-16(12-17)20(24)21-18-11-14(3)27-22-18/h5-12,23H,4H2,1-3H3,(H,21,22,24). The van der Waals surface area contributed by atoms with Crippen molar-refractivity contribution in [1.29, 1.82) is 0 Å². The van der Waals surface area contributed by atoms with Gasteiger partial charge in [-0.25, -0.2) is 8.42 Å². The summed E-state index contributed by atoms with van der Waals surface area (Å²) in [6.07, 6.45) is 0.694. The molecule has 2 N–H and O–H groups in total. The maximum absolute atomic E-state index is 12.9. The van der Waals surface area contributed by atoms with Crippen molar-refractivity contribution in [2.24, 2.45) is 0 Å². The van der Waals surface area contributed by atoms with Gasteiger partial charge in [0, 0.05) is 11.6 Å². The molecule has 0 unspecified atom stereocenters. The highest BCUT2D eigenvalue weighted by Gasteiger charge is 2.19. The van der Waals surface area contributed by atoms with Crippen molar-refractivity contribution in [1.82, 2.24) is 5.16 Å². The van der Waals surface area contributed by atoms with Gasteiger partial charge < -0.3 is 9.84 Å². The Balaban J connectivity index is 1.87. The molecule has 7 nitrogen and oxygen atoms in total. The van der Waals surface area contributed by atoms with Crippen LogP contribution in [0.3, 0.4) is 0 Å². The third-order valence-corrected chi connectivity index (χ3v) is 5.60. The third-order valence-electron chi connectivity index (χ3n) is 4.25. The number of hydrogen-bond donors (Lipinski definition) is 2. The maximum Gasteiger partial charge on any atom is 0.261 e. The van der Waals surface area contributed by atoms with Gasteiger partial charge in [-0.2, -0.15) is 0 Å². The number of rotatable bonds is 6. The van der Waals surface area contributed by atoms with Crippen LogP contribution in [0.15, 0.2) is 57.9 Å². The molecule has 3 aromatic rings. The number of sulfonamides is 1. The van der Waals surface area contributed by atoms with Gasteiger partial charge in [-0.15, -0.1) is 0 Å². The lowest BCUT2D eigenvalue weighted by Crippen LogP contribution is -2.17. The Labute approximate surface area is 163 Å². The summed E-state index contributed by atoms with van der Waals surface area (Å²) in [5.41, 5.74) is 2.50. The van der Waals surface area contributed by atoms with E-state index in [1.165, 1.54) is 24.3 Å². The lowest BCUT2D eigenvalue weighted by atomic mass is 10.1. The predicted molar refractivity (Wildman–Crippen MR) is 107 cm³/mol. The van der Waals surface area contributed by atoms with E-state index in [-0.39, 0.29) is 16.3 Å². The summed E-state index contributed by atoms with van der Waals surface area (Å²) in [4.78, 5) is 12.4. The average Bonchev–Trinajstić information content (AvgIpc) is 3.08. The zero-order chi connectivity index (χ0) is 20.3. The molecular formula is C20H21N3O4S. The molecular weight excluding hydrogens is 378 g/mol. The molecule has 0 atom stereocenters. The summed E-state index contributed by atoms with van der Waals surface area (Å²) in [5, 5.41) is 6.28. The Morgan fingerprint density at radius 3 is 2.54 bits per heavy atom. The number of amides is 1. The smallest absolute Gasteiger partial charge is 0.261 e. The van der Waals surface area contributed by atoms with Crippen molar-refractivity contribution >= 4 is 27.4 Å². The van der Waals surface area contributed by atoms with Crippen LogP contribution in [0.1, 0.15) is 34.2 Å². The zero-order valence-electron chi connectivity index (χ0n) is 15.8. The second kappa shape index (κ2) is 7.85. The fourth-order valence-corrected chi connectivity index (χ4v) is 4.00. The first-order valence-electron chi connectivity index (χ1n) is 8.76. The van der Waals surface area contributed by atoms with Crippen LogP contribution in [0.2, 0.25) is 0 Å². The monoisotopic (exact) mass is 399 g/mol. The number of benzene rings is 2. The quantitative estimate of drug-likeness (QED) is 0.654. The summed E-state index contributed by atoms with van der Waals surface area (Å²) >= 11 is 0. The number of carbonyl (C=O) groups excluding carboxylic acids is 1. The summed E-state index contributed by atoms with van der Waals surface area (Å²) in [7, 11) is -3.86. The minimum absolute atomic E-state index is 0.00166. The molecule has 0 spiro atoms. The SMILES string of the molecule is CCc1cccc(C)c1NS(=O)(=O)c1cccc(C(=O)Nc2cc(C)on2)c1. The van der Waals surface area contributed by atoms with Gasteiger partial charge in [0.1, 0.15) is 5.76 Å². The van der Waals surface area contributed by atoms with Gasteiger partial charge in [0.2, 0.25) is 0 Å². The van der Waals surface area contributed by atoms with Gasteiger partial charge in [0.05, 0.1) is 10.6 Å². The van der Waals surface area contributed by atoms with E-state index in [1.807, 2.05) is 32.0 Å². The number of nitrogens with one attached hydrogen (secondary N) is 2. The molecule has 0 bridgehead atoms. The van der Waals surface area contributed by atoms with Crippen LogP contribution in [0, 0.1) is 13.8 Å². The van der Waals surface area contributed by atoms with Crippen LogP contribution >= 0.6 is 0 Å². The Morgan fingerprint density at radius 2 is 1.86 bits per heavy atom. The molecule has 8 heteroatoms. The van der Waals surface area contributed by atoms with Crippen LogP contribution in [0.5, 0.6) is 0 Å². The van der Waals surface area contributed by atoms with Gasteiger partial charge in [-0.3, -0.25) is 9.52 Å². The first-order chi connectivity index (χ1) is 13.3.